The quantitative estimate of drug-likeness (QED) is 0.422. The summed E-state index contributed by atoms with van der Waals surface area (Å²) in [6.45, 7) is 1.71. The largest absolute Gasteiger partial charge is 0.494 e. The molecular formula is C23H26ClN3O5S3. The maximum atomic E-state index is 13.8. The monoisotopic (exact) mass is 555 g/mol. The SMILES string of the molecule is COc1ccc(Cl)c2sc(N(CC3CCCO3)C(=O)C3CCN(S(=O)(=O)c4cccs4)CC3)nc12. The van der Waals surface area contributed by atoms with Gasteiger partial charge in [0.15, 0.2) is 5.13 Å². The van der Waals surface area contributed by atoms with E-state index in [-0.39, 0.29) is 17.9 Å². The molecule has 2 aromatic heterocycles. The number of thiophene rings is 1. The Balaban J connectivity index is 1.39. The van der Waals surface area contributed by atoms with E-state index >= 15 is 0 Å². The van der Waals surface area contributed by atoms with Crippen molar-refractivity contribution in [1.29, 1.82) is 0 Å². The van der Waals surface area contributed by atoms with Gasteiger partial charge in [0.2, 0.25) is 5.91 Å². The molecule has 2 saturated heterocycles. The minimum atomic E-state index is -3.52. The Morgan fingerprint density at radius 1 is 1.29 bits per heavy atom. The molecule has 0 N–H and O–H groups in total. The van der Waals surface area contributed by atoms with Crippen LogP contribution >= 0.6 is 34.3 Å². The van der Waals surface area contributed by atoms with Crippen molar-refractivity contribution in [3.8, 4) is 5.75 Å². The third-order valence-corrected chi connectivity index (χ3v) is 11.3. The summed E-state index contributed by atoms with van der Waals surface area (Å²) in [6, 6.07) is 6.88. The van der Waals surface area contributed by atoms with E-state index in [0.29, 0.717) is 64.7 Å². The summed E-state index contributed by atoms with van der Waals surface area (Å²) in [6.07, 6.45) is 2.71. The van der Waals surface area contributed by atoms with E-state index in [1.807, 2.05) is 0 Å². The zero-order chi connectivity index (χ0) is 24.6. The predicted molar refractivity (Wildman–Crippen MR) is 138 cm³/mol. The molecule has 0 aliphatic carbocycles. The van der Waals surface area contributed by atoms with Crippen molar-refractivity contribution < 1.29 is 22.7 Å². The molecule has 2 aliphatic rings. The molecule has 1 unspecified atom stereocenters. The second-order valence-corrected chi connectivity index (χ2v) is 13.1. The molecule has 0 saturated carbocycles. The number of thiazole rings is 1. The van der Waals surface area contributed by atoms with E-state index < -0.39 is 10.0 Å². The van der Waals surface area contributed by atoms with Gasteiger partial charge in [-0.1, -0.05) is 29.0 Å². The lowest BCUT2D eigenvalue weighted by Crippen LogP contribution is -2.46. The number of sulfonamides is 1. The molecule has 188 valence electrons. The highest BCUT2D eigenvalue weighted by atomic mass is 35.5. The van der Waals surface area contributed by atoms with Gasteiger partial charge in [-0.15, -0.1) is 11.3 Å². The molecule has 12 heteroatoms. The second kappa shape index (κ2) is 10.3. The summed E-state index contributed by atoms with van der Waals surface area (Å²) in [5.41, 5.74) is 0.627. The number of anilines is 1. The van der Waals surface area contributed by atoms with Crippen molar-refractivity contribution in [2.45, 2.75) is 36.0 Å². The highest BCUT2D eigenvalue weighted by Gasteiger charge is 2.36. The van der Waals surface area contributed by atoms with Crippen molar-refractivity contribution in [3.05, 3.63) is 34.7 Å². The van der Waals surface area contributed by atoms with Gasteiger partial charge >= 0.3 is 0 Å². The van der Waals surface area contributed by atoms with Crippen LogP contribution in [-0.4, -0.2) is 63.1 Å². The zero-order valence-corrected chi connectivity index (χ0v) is 22.4. The summed E-state index contributed by atoms with van der Waals surface area (Å²) < 4.78 is 39.7. The molecule has 5 rings (SSSR count). The number of hydrogen-bond acceptors (Lipinski definition) is 8. The first-order valence-electron chi connectivity index (χ1n) is 11.5. The van der Waals surface area contributed by atoms with Crippen molar-refractivity contribution in [2.24, 2.45) is 5.92 Å². The van der Waals surface area contributed by atoms with Crippen molar-refractivity contribution in [3.63, 3.8) is 0 Å². The molecule has 4 heterocycles. The zero-order valence-electron chi connectivity index (χ0n) is 19.2. The van der Waals surface area contributed by atoms with E-state index in [0.717, 1.165) is 17.5 Å². The van der Waals surface area contributed by atoms with Crippen molar-refractivity contribution in [1.82, 2.24) is 9.29 Å². The highest BCUT2D eigenvalue weighted by Crippen LogP contribution is 2.40. The number of ether oxygens (including phenoxy) is 2. The number of benzene rings is 1. The fourth-order valence-corrected chi connectivity index (χ4v) is 8.46. The normalized spacial score (nSPS) is 19.9. The average Bonchev–Trinajstić information content (AvgIpc) is 3.64. The molecule has 1 amide bonds. The topological polar surface area (TPSA) is 89.0 Å². The molecule has 1 atom stereocenters. The van der Waals surface area contributed by atoms with Gasteiger partial charge in [-0.3, -0.25) is 9.69 Å². The number of amides is 1. The Labute approximate surface area is 217 Å². The van der Waals surface area contributed by atoms with Crippen LogP contribution in [0, 0.1) is 5.92 Å². The van der Waals surface area contributed by atoms with Crippen molar-refractivity contribution in [2.75, 3.05) is 38.3 Å². The molecule has 2 fully saturated rings. The smallest absolute Gasteiger partial charge is 0.252 e. The molecule has 35 heavy (non-hydrogen) atoms. The lowest BCUT2D eigenvalue weighted by molar-refractivity contribution is -0.123. The Bertz CT molecular complexity index is 1300. The maximum Gasteiger partial charge on any atom is 0.252 e. The summed E-state index contributed by atoms with van der Waals surface area (Å²) in [4.78, 5) is 20.3. The van der Waals surface area contributed by atoms with Crippen LogP contribution in [0.2, 0.25) is 5.02 Å². The standard InChI is InChI=1S/C23H26ClN3O5S3/c1-31-18-7-6-17(24)21-20(18)25-23(34-21)27(14-16-4-2-12-32-16)22(28)15-8-10-26(11-9-15)35(29,30)19-5-3-13-33-19/h3,5-7,13,15-16H,2,4,8-12,14H2,1H3. The first-order chi connectivity index (χ1) is 16.9. The molecule has 0 radical (unpaired) electrons. The van der Waals surface area contributed by atoms with Gasteiger partial charge in [0.05, 0.1) is 29.5 Å². The van der Waals surface area contributed by atoms with E-state index in [1.165, 1.54) is 27.0 Å². The van der Waals surface area contributed by atoms with E-state index in [1.54, 1.807) is 41.7 Å². The maximum absolute atomic E-state index is 13.8. The Kier molecular flexibility index (Phi) is 7.34. The number of carbonyl (C=O) groups excluding carboxylic acids is 1. The number of rotatable bonds is 7. The minimum absolute atomic E-state index is 0.0529. The van der Waals surface area contributed by atoms with E-state index in [9.17, 15) is 13.2 Å². The third kappa shape index (κ3) is 4.94. The molecule has 8 nitrogen and oxygen atoms in total. The summed E-state index contributed by atoms with van der Waals surface area (Å²) in [5.74, 6) is 0.252. The van der Waals surface area contributed by atoms with Gasteiger partial charge in [0.1, 0.15) is 15.5 Å². The number of carbonyl (C=O) groups is 1. The van der Waals surface area contributed by atoms with Crippen LogP contribution in [0.15, 0.2) is 33.9 Å². The molecule has 0 bridgehead atoms. The van der Waals surface area contributed by atoms with Crippen molar-refractivity contribution >= 4 is 65.6 Å². The third-order valence-electron chi connectivity index (χ3n) is 6.47. The van der Waals surface area contributed by atoms with Gasteiger partial charge in [0.25, 0.3) is 10.0 Å². The van der Waals surface area contributed by atoms with Crippen LogP contribution in [0.25, 0.3) is 10.2 Å². The molecule has 2 aliphatic heterocycles. The Morgan fingerprint density at radius 2 is 2.09 bits per heavy atom. The van der Waals surface area contributed by atoms with Crippen LogP contribution in [-0.2, 0) is 19.6 Å². The minimum Gasteiger partial charge on any atom is -0.494 e. The van der Waals surface area contributed by atoms with Gasteiger partial charge in [-0.05, 0) is 49.3 Å². The number of piperidine rings is 1. The number of aromatic nitrogens is 1. The molecule has 1 aromatic carbocycles. The van der Waals surface area contributed by atoms with Gasteiger partial charge in [-0.2, -0.15) is 4.31 Å². The number of nitrogens with zero attached hydrogens (tertiary/aromatic N) is 3. The van der Waals surface area contributed by atoms with Gasteiger partial charge in [-0.25, -0.2) is 13.4 Å². The first kappa shape index (κ1) is 24.9. The number of fused-ring (bicyclic) bond motifs is 1. The summed E-state index contributed by atoms with van der Waals surface area (Å²) >= 11 is 9.00. The lowest BCUT2D eigenvalue weighted by atomic mass is 9.96. The summed E-state index contributed by atoms with van der Waals surface area (Å²) in [7, 11) is -1.94. The van der Waals surface area contributed by atoms with Crippen LogP contribution in [0.1, 0.15) is 25.7 Å². The van der Waals surface area contributed by atoms with Gasteiger partial charge in [0, 0.05) is 25.6 Å². The molecule has 0 spiro atoms. The highest BCUT2D eigenvalue weighted by molar-refractivity contribution is 7.91. The van der Waals surface area contributed by atoms with Crippen LogP contribution in [0.5, 0.6) is 5.75 Å². The van der Waals surface area contributed by atoms with Crippen LogP contribution in [0.3, 0.4) is 0 Å². The molecular weight excluding hydrogens is 530 g/mol. The number of halogens is 1. The lowest BCUT2D eigenvalue weighted by Gasteiger charge is -2.33. The van der Waals surface area contributed by atoms with E-state index in [2.05, 4.69) is 0 Å². The van der Waals surface area contributed by atoms with Crippen LogP contribution < -0.4 is 9.64 Å². The Morgan fingerprint density at radius 3 is 2.74 bits per heavy atom. The fourth-order valence-electron chi connectivity index (χ4n) is 4.58. The van der Waals surface area contributed by atoms with Gasteiger partial charge < -0.3 is 9.47 Å². The Hall–Kier alpha value is -1.76. The number of methoxy groups -OCH3 is 1. The van der Waals surface area contributed by atoms with E-state index in [4.69, 9.17) is 26.1 Å². The van der Waals surface area contributed by atoms with Crippen LogP contribution in [0.4, 0.5) is 5.13 Å². The first-order valence-corrected chi connectivity index (χ1v) is 15.0. The number of hydrogen-bond donors (Lipinski definition) is 0. The predicted octanol–water partition coefficient (Wildman–Crippen LogP) is 4.63. The fraction of sp³-hybridized carbons (Fsp3) is 0.478. The molecule has 3 aromatic rings. The second-order valence-electron chi connectivity index (χ2n) is 8.62. The average molecular weight is 556 g/mol. The summed E-state index contributed by atoms with van der Waals surface area (Å²) in [5, 5.41) is 2.87.